The van der Waals surface area contributed by atoms with Crippen molar-refractivity contribution in [3.05, 3.63) is 24.3 Å². The highest BCUT2D eigenvalue weighted by Gasteiger charge is 2.20. The maximum atomic E-state index is 2.45. The minimum atomic E-state index is 0.972. The molecule has 0 amide bonds. The molecule has 0 nitrogen and oxygen atoms in total. The van der Waals surface area contributed by atoms with E-state index in [0.29, 0.717) is 0 Å². The second-order valence-electron chi connectivity index (χ2n) is 5.50. The molecule has 0 bridgehead atoms. The molecule has 0 N–H and O–H groups in total. The fourth-order valence-corrected chi connectivity index (χ4v) is 3.21. The Balaban J connectivity index is 1.91. The van der Waals surface area contributed by atoms with E-state index in [4.69, 9.17) is 0 Å². The van der Waals surface area contributed by atoms with Gasteiger partial charge in [-0.1, -0.05) is 37.1 Å². The van der Waals surface area contributed by atoms with Crippen molar-refractivity contribution in [3.63, 3.8) is 0 Å². The van der Waals surface area contributed by atoms with E-state index in [2.05, 4.69) is 24.3 Å². The number of allylic oxidation sites excluding steroid dienone is 4. The molecule has 2 atom stereocenters. The van der Waals surface area contributed by atoms with E-state index in [1.807, 2.05) is 0 Å². The van der Waals surface area contributed by atoms with Crippen LogP contribution in [0.15, 0.2) is 24.3 Å². The lowest BCUT2D eigenvalue weighted by atomic mass is 9.78. The molecule has 0 aliphatic heterocycles. The van der Waals surface area contributed by atoms with Crippen LogP contribution >= 0.6 is 0 Å². The predicted molar refractivity (Wildman–Crippen MR) is 71.4 cm³/mol. The van der Waals surface area contributed by atoms with Gasteiger partial charge in [-0.25, -0.2) is 0 Å². The molecule has 2 aliphatic rings. The Kier molecular flexibility index (Phi) is 5.18. The zero-order valence-corrected chi connectivity index (χ0v) is 10.5. The lowest BCUT2D eigenvalue weighted by Crippen LogP contribution is -2.15. The van der Waals surface area contributed by atoms with Gasteiger partial charge in [-0.2, -0.15) is 0 Å². The van der Waals surface area contributed by atoms with Crippen LogP contribution in [0.3, 0.4) is 0 Å². The number of rotatable bonds is 1. The van der Waals surface area contributed by atoms with Gasteiger partial charge >= 0.3 is 0 Å². The fourth-order valence-electron chi connectivity index (χ4n) is 3.21. The summed E-state index contributed by atoms with van der Waals surface area (Å²) < 4.78 is 0. The second kappa shape index (κ2) is 6.93. The Bertz CT molecular complexity index is 210. The quantitative estimate of drug-likeness (QED) is 0.527. The van der Waals surface area contributed by atoms with E-state index >= 15 is 0 Å². The Morgan fingerprint density at radius 2 is 1.06 bits per heavy atom. The molecule has 2 rings (SSSR count). The normalized spacial score (nSPS) is 34.5. The summed E-state index contributed by atoms with van der Waals surface area (Å²) in [5.74, 6) is 1.94. The Hall–Kier alpha value is -0.520. The predicted octanol–water partition coefficient (Wildman–Crippen LogP) is 5.26. The zero-order valence-electron chi connectivity index (χ0n) is 10.5. The number of hydrogen-bond donors (Lipinski definition) is 0. The van der Waals surface area contributed by atoms with Gasteiger partial charge < -0.3 is 0 Å². The van der Waals surface area contributed by atoms with Crippen LogP contribution in [0, 0.1) is 11.8 Å². The van der Waals surface area contributed by atoms with Crippen molar-refractivity contribution in [2.75, 3.05) is 0 Å². The summed E-state index contributed by atoms with van der Waals surface area (Å²) in [6.07, 6.45) is 23.7. The van der Waals surface area contributed by atoms with Gasteiger partial charge in [-0.3, -0.25) is 0 Å². The van der Waals surface area contributed by atoms with E-state index in [1.54, 1.807) is 0 Å². The molecule has 16 heavy (non-hydrogen) atoms. The first-order chi connectivity index (χ1) is 7.97. The monoisotopic (exact) mass is 218 g/mol. The average molecular weight is 218 g/mol. The minimum absolute atomic E-state index is 0.972. The highest BCUT2D eigenvalue weighted by atomic mass is 14.2. The molecule has 0 fully saturated rings. The van der Waals surface area contributed by atoms with Crippen molar-refractivity contribution in [1.29, 1.82) is 0 Å². The summed E-state index contributed by atoms with van der Waals surface area (Å²) in [6.45, 7) is 0. The lowest BCUT2D eigenvalue weighted by molar-refractivity contribution is 0.279. The first-order valence-corrected chi connectivity index (χ1v) is 7.27. The standard InChI is InChI=1S/C16H26/c1-3-7-11-15(12-8-4-1)16-13-9-5-2-6-10-14-16/h3,5,7,9,15-16H,1-2,4,6,8,10-14H2/b7-3-,9-5?. The summed E-state index contributed by atoms with van der Waals surface area (Å²) in [7, 11) is 0. The summed E-state index contributed by atoms with van der Waals surface area (Å²) >= 11 is 0. The first kappa shape index (κ1) is 12.0. The summed E-state index contributed by atoms with van der Waals surface area (Å²) in [5.41, 5.74) is 0. The molecule has 0 aromatic rings. The Labute approximate surface area is 101 Å². The van der Waals surface area contributed by atoms with Crippen LogP contribution in [0.5, 0.6) is 0 Å². The van der Waals surface area contributed by atoms with Crippen molar-refractivity contribution < 1.29 is 0 Å². The van der Waals surface area contributed by atoms with Gasteiger partial charge in [-0.15, -0.1) is 0 Å². The molecule has 0 radical (unpaired) electrons. The third kappa shape index (κ3) is 3.81. The molecule has 90 valence electrons. The number of hydrogen-bond acceptors (Lipinski definition) is 0. The van der Waals surface area contributed by atoms with Crippen molar-refractivity contribution >= 4 is 0 Å². The van der Waals surface area contributed by atoms with E-state index in [0.717, 1.165) is 11.8 Å². The second-order valence-corrected chi connectivity index (χ2v) is 5.50. The minimum Gasteiger partial charge on any atom is -0.0885 e. The molecule has 0 aromatic heterocycles. The molecule has 2 unspecified atom stereocenters. The van der Waals surface area contributed by atoms with Crippen LogP contribution in [-0.2, 0) is 0 Å². The molecule has 0 heteroatoms. The maximum absolute atomic E-state index is 2.45. The first-order valence-electron chi connectivity index (χ1n) is 7.27. The van der Waals surface area contributed by atoms with E-state index < -0.39 is 0 Å². The molecule has 0 spiro atoms. The highest BCUT2D eigenvalue weighted by molar-refractivity contribution is 4.92. The molecule has 0 saturated carbocycles. The summed E-state index contributed by atoms with van der Waals surface area (Å²) in [6, 6.07) is 0. The van der Waals surface area contributed by atoms with Gasteiger partial charge in [0.1, 0.15) is 0 Å². The van der Waals surface area contributed by atoms with Crippen molar-refractivity contribution in [3.8, 4) is 0 Å². The third-order valence-corrected chi connectivity index (χ3v) is 4.27. The summed E-state index contributed by atoms with van der Waals surface area (Å²) in [5, 5.41) is 0. The lowest BCUT2D eigenvalue weighted by Gasteiger charge is -2.27. The largest absolute Gasteiger partial charge is 0.0885 e. The van der Waals surface area contributed by atoms with Crippen LogP contribution in [0.1, 0.15) is 64.2 Å². The fraction of sp³-hybridized carbons (Fsp3) is 0.750. The maximum Gasteiger partial charge on any atom is -0.0319 e. The van der Waals surface area contributed by atoms with Gasteiger partial charge in [0, 0.05) is 0 Å². The summed E-state index contributed by atoms with van der Waals surface area (Å²) in [4.78, 5) is 0. The van der Waals surface area contributed by atoms with Gasteiger partial charge in [0.2, 0.25) is 0 Å². The molecule has 2 aliphatic carbocycles. The molecule has 0 heterocycles. The zero-order chi connectivity index (χ0) is 11.1. The van der Waals surface area contributed by atoms with Crippen molar-refractivity contribution in [2.45, 2.75) is 64.2 Å². The van der Waals surface area contributed by atoms with Crippen molar-refractivity contribution in [1.82, 2.24) is 0 Å². The third-order valence-electron chi connectivity index (χ3n) is 4.27. The van der Waals surface area contributed by atoms with Crippen LogP contribution in [0.4, 0.5) is 0 Å². The highest BCUT2D eigenvalue weighted by Crippen LogP contribution is 2.32. The molecular formula is C16H26. The molecular weight excluding hydrogens is 192 g/mol. The van der Waals surface area contributed by atoms with Gasteiger partial charge in [-0.05, 0) is 63.2 Å². The smallest absolute Gasteiger partial charge is 0.0319 e. The van der Waals surface area contributed by atoms with Crippen LogP contribution in [0.2, 0.25) is 0 Å². The topological polar surface area (TPSA) is 0 Å². The van der Waals surface area contributed by atoms with E-state index in [1.165, 1.54) is 64.2 Å². The SMILES string of the molecule is C1=CCC(C2C/C=C\CCCC2)CCCC1. The van der Waals surface area contributed by atoms with Crippen molar-refractivity contribution in [2.24, 2.45) is 11.8 Å². The van der Waals surface area contributed by atoms with Crippen LogP contribution in [-0.4, -0.2) is 0 Å². The van der Waals surface area contributed by atoms with Gasteiger partial charge in [0.15, 0.2) is 0 Å². The van der Waals surface area contributed by atoms with Gasteiger partial charge in [0.05, 0.1) is 0 Å². The average Bonchev–Trinajstić information content (AvgIpc) is 2.18. The van der Waals surface area contributed by atoms with Crippen LogP contribution < -0.4 is 0 Å². The Morgan fingerprint density at radius 3 is 1.56 bits per heavy atom. The van der Waals surface area contributed by atoms with Crippen LogP contribution in [0.25, 0.3) is 0 Å². The molecule has 0 aromatic carbocycles. The van der Waals surface area contributed by atoms with Gasteiger partial charge in [0.25, 0.3) is 0 Å². The van der Waals surface area contributed by atoms with E-state index in [9.17, 15) is 0 Å². The van der Waals surface area contributed by atoms with E-state index in [-0.39, 0.29) is 0 Å². The Morgan fingerprint density at radius 1 is 0.562 bits per heavy atom. The molecule has 0 saturated heterocycles.